The van der Waals surface area contributed by atoms with Crippen molar-refractivity contribution in [1.29, 1.82) is 0 Å². The molecule has 76 valence electrons. The van der Waals surface area contributed by atoms with Gasteiger partial charge in [0.25, 0.3) is 0 Å². The molecule has 0 saturated carbocycles. The summed E-state index contributed by atoms with van der Waals surface area (Å²) < 4.78 is 0. The topological polar surface area (TPSA) is 24.1 Å². The normalized spacial score (nSPS) is 15.8. The van der Waals surface area contributed by atoms with Crippen molar-refractivity contribution in [3.63, 3.8) is 0 Å². The van der Waals surface area contributed by atoms with Crippen molar-refractivity contribution >= 4 is 0 Å². The molecular formula is C11H22N2. The van der Waals surface area contributed by atoms with Crippen LogP contribution < -0.4 is 10.6 Å². The van der Waals surface area contributed by atoms with E-state index in [4.69, 9.17) is 0 Å². The monoisotopic (exact) mass is 182 g/mol. The Morgan fingerprint density at radius 1 is 1.08 bits per heavy atom. The molecular weight excluding hydrogens is 160 g/mol. The Kier molecular flexibility index (Phi) is 4.91. The third-order valence-electron chi connectivity index (χ3n) is 2.71. The first-order valence-corrected chi connectivity index (χ1v) is 5.41. The van der Waals surface area contributed by atoms with Crippen molar-refractivity contribution in [1.82, 2.24) is 10.6 Å². The van der Waals surface area contributed by atoms with E-state index in [1.54, 1.807) is 5.57 Å². The van der Waals surface area contributed by atoms with E-state index in [1.165, 1.54) is 37.8 Å². The predicted octanol–water partition coefficient (Wildman–Crippen LogP) is 2.03. The molecule has 0 fully saturated rings. The SMILES string of the molecule is CNCCCCCNC1=C(C)CC1. The zero-order valence-corrected chi connectivity index (χ0v) is 8.95. The van der Waals surface area contributed by atoms with E-state index in [0.717, 1.165) is 13.1 Å². The number of allylic oxidation sites excluding steroid dienone is 2. The van der Waals surface area contributed by atoms with E-state index in [0.29, 0.717) is 0 Å². The molecule has 0 bridgehead atoms. The summed E-state index contributed by atoms with van der Waals surface area (Å²) in [5.74, 6) is 0. The maximum atomic E-state index is 3.50. The standard InChI is InChI=1S/C11H22N2/c1-10-6-7-11(10)13-9-5-3-4-8-12-2/h12-13H,3-9H2,1-2H3. The Bertz CT molecular complexity index is 173. The van der Waals surface area contributed by atoms with Gasteiger partial charge in [-0.3, -0.25) is 0 Å². The van der Waals surface area contributed by atoms with E-state index in [2.05, 4.69) is 17.6 Å². The second-order valence-corrected chi connectivity index (χ2v) is 3.85. The lowest BCUT2D eigenvalue weighted by Crippen LogP contribution is -2.21. The largest absolute Gasteiger partial charge is 0.388 e. The molecule has 0 aliphatic heterocycles. The molecule has 1 rings (SSSR count). The summed E-state index contributed by atoms with van der Waals surface area (Å²) in [6.07, 6.45) is 6.53. The van der Waals surface area contributed by atoms with Crippen LogP contribution in [0.5, 0.6) is 0 Å². The fourth-order valence-electron chi connectivity index (χ4n) is 1.58. The minimum Gasteiger partial charge on any atom is -0.388 e. The highest BCUT2D eigenvalue weighted by molar-refractivity contribution is 5.20. The summed E-state index contributed by atoms with van der Waals surface area (Å²) in [5, 5.41) is 6.67. The number of unbranched alkanes of at least 4 members (excludes halogenated alkanes) is 2. The number of hydrogen-bond donors (Lipinski definition) is 2. The molecule has 0 saturated heterocycles. The maximum Gasteiger partial charge on any atom is 0.0143 e. The Balaban J connectivity index is 1.87. The summed E-state index contributed by atoms with van der Waals surface area (Å²) in [7, 11) is 2.01. The highest BCUT2D eigenvalue weighted by atomic mass is 14.9. The van der Waals surface area contributed by atoms with Crippen molar-refractivity contribution in [3.8, 4) is 0 Å². The molecule has 0 spiro atoms. The van der Waals surface area contributed by atoms with E-state index in [-0.39, 0.29) is 0 Å². The molecule has 0 aromatic heterocycles. The molecule has 0 atom stereocenters. The first kappa shape index (κ1) is 10.6. The van der Waals surface area contributed by atoms with Gasteiger partial charge < -0.3 is 10.6 Å². The second-order valence-electron chi connectivity index (χ2n) is 3.85. The van der Waals surface area contributed by atoms with Crippen molar-refractivity contribution < 1.29 is 0 Å². The van der Waals surface area contributed by atoms with Crippen molar-refractivity contribution in [2.24, 2.45) is 0 Å². The van der Waals surface area contributed by atoms with Crippen molar-refractivity contribution in [2.45, 2.75) is 39.0 Å². The minimum atomic E-state index is 1.15. The van der Waals surface area contributed by atoms with Crippen LogP contribution in [0.2, 0.25) is 0 Å². The fourth-order valence-corrected chi connectivity index (χ4v) is 1.58. The quantitative estimate of drug-likeness (QED) is 0.589. The molecule has 0 unspecified atom stereocenters. The fraction of sp³-hybridized carbons (Fsp3) is 0.818. The van der Waals surface area contributed by atoms with E-state index in [1.807, 2.05) is 7.05 Å². The molecule has 0 radical (unpaired) electrons. The Morgan fingerprint density at radius 2 is 1.85 bits per heavy atom. The Morgan fingerprint density at radius 3 is 2.38 bits per heavy atom. The summed E-state index contributed by atoms with van der Waals surface area (Å²) in [4.78, 5) is 0. The third kappa shape index (κ3) is 3.81. The van der Waals surface area contributed by atoms with Gasteiger partial charge in [0.15, 0.2) is 0 Å². The van der Waals surface area contributed by atoms with Crippen LogP contribution in [0, 0.1) is 0 Å². The van der Waals surface area contributed by atoms with Gasteiger partial charge in [-0.15, -0.1) is 0 Å². The van der Waals surface area contributed by atoms with Crippen molar-refractivity contribution in [2.75, 3.05) is 20.1 Å². The zero-order valence-electron chi connectivity index (χ0n) is 8.95. The number of nitrogens with one attached hydrogen (secondary N) is 2. The molecule has 2 nitrogen and oxygen atoms in total. The summed E-state index contributed by atoms with van der Waals surface area (Å²) in [6, 6.07) is 0. The van der Waals surface area contributed by atoms with Crippen molar-refractivity contribution in [3.05, 3.63) is 11.3 Å². The highest BCUT2D eigenvalue weighted by Gasteiger charge is 2.10. The summed E-state index contributed by atoms with van der Waals surface area (Å²) >= 11 is 0. The molecule has 0 amide bonds. The van der Waals surface area contributed by atoms with E-state index >= 15 is 0 Å². The Labute approximate surface area is 81.8 Å². The van der Waals surface area contributed by atoms with E-state index < -0.39 is 0 Å². The zero-order chi connectivity index (χ0) is 9.52. The smallest absolute Gasteiger partial charge is 0.0143 e. The Hall–Kier alpha value is -0.500. The lowest BCUT2D eigenvalue weighted by molar-refractivity contribution is 0.592. The molecule has 1 aliphatic carbocycles. The van der Waals surface area contributed by atoms with Crippen LogP contribution in [0.3, 0.4) is 0 Å². The summed E-state index contributed by atoms with van der Waals surface area (Å²) in [5.41, 5.74) is 3.07. The van der Waals surface area contributed by atoms with Crippen LogP contribution in [0.1, 0.15) is 39.0 Å². The van der Waals surface area contributed by atoms with Crippen LogP contribution in [-0.4, -0.2) is 20.1 Å². The first-order valence-electron chi connectivity index (χ1n) is 5.41. The maximum absolute atomic E-state index is 3.50. The van der Waals surface area contributed by atoms with Gasteiger partial charge in [-0.05, 0) is 46.2 Å². The van der Waals surface area contributed by atoms with Gasteiger partial charge in [0.2, 0.25) is 0 Å². The van der Waals surface area contributed by atoms with E-state index in [9.17, 15) is 0 Å². The summed E-state index contributed by atoms with van der Waals surface area (Å²) in [6.45, 7) is 4.55. The van der Waals surface area contributed by atoms with Gasteiger partial charge in [-0.2, -0.15) is 0 Å². The van der Waals surface area contributed by atoms with Gasteiger partial charge in [0.05, 0.1) is 0 Å². The lowest BCUT2D eigenvalue weighted by atomic mass is 9.96. The third-order valence-corrected chi connectivity index (χ3v) is 2.71. The minimum absolute atomic E-state index is 1.15. The number of hydrogen-bond acceptors (Lipinski definition) is 2. The molecule has 2 N–H and O–H groups in total. The molecule has 0 aromatic carbocycles. The average molecular weight is 182 g/mol. The van der Waals surface area contributed by atoms with Crippen LogP contribution >= 0.6 is 0 Å². The highest BCUT2D eigenvalue weighted by Crippen LogP contribution is 2.24. The van der Waals surface area contributed by atoms with Crippen LogP contribution in [0.15, 0.2) is 11.3 Å². The van der Waals surface area contributed by atoms with Crippen LogP contribution in [-0.2, 0) is 0 Å². The molecule has 13 heavy (non-hydrogen) atoms. The van der Waals surface area contributed by atoms with Gasteiger partial charge in [-0.1, -0.05) is 12.0 Å². The first-order chi connectivity index (χ1) is 6.34. The van der Waals surface area contributed by atoms with Gasteiger partial charge in [-0.25, -0.2) is 0 Å². The molecule has 2 heteroatoms. The van der Waals surface area contributed by atoms with Gasteiger partial charge >= 0.3 is 0 Å². The lowest BCUT2D eigenvalue weighted by Gasteiger charge is -2.22. The number of rotatable bonds is 7. The molecule has 0 aromatic rings. The van der Waals surface area contributed by atoms with Crippen LogP contribution in [0.4, 0.5) is 0 Å². The van der Waals surface area contributed by atoms with Gasteiger partial charge in [0.1, 0.15) is 0 Å². The predicted molar refractivity (Wildman–Crippen MR) is 57.7 cm³/mol. The molecule has 0 heterocycles. The molecule has 1 aliphatic rings. The van der Waals surface area contributed by atoms with Gasteiger partial charge in [0, 0.05) is 12.2 Å². The average Bonchev–Trinajstić information content (AvgIpc) is 2.14. The van der Waals surface area contributed by atoms with Crippen LogP contribution in [0.25, 0.3) is 0 Å². The second kappa shape index (κ2) is 6.03.